The Bertz CT molecular complexity index is 686. The number of benzene rings is 1. The normalized spacial score (nSPS) is 10.6. The molecule has 108 valence electrons. The number of hydrogen-bond donors (Lipinski definition) is 2. The maximum atomic E-state index is 11.8. The van der Waals surface area contributed by atoms with Gasteiger partial charge in [0.05, 0.1) is 0 Å². The van der Waals surface area contributed by atoms with Crippen molar-refractivity contribution in [2.75, 3.05) is 10.6 Å². The van der Waals surface area contributed by atoms with Crippen LogP contribution >= 0.6 is 0 Å². The van der Waals surface area contributed by atoms with Gasteiger partial charge < -0.3 is 15.1 Å². The number of nitrogens with one attached hydrogen (secondary N) is 2. The number of anilines is 2. The lowest BCUT2D eigenvalue weighted by Gasteiger charge is -2.05. The standard InChI is InChI=1S/C16H16N2O3/c1-11-6-7-15(21-11)8-9-16(20)18-14-5-3-4-13(10-14)17-12(2)19/h3-10H,1-2H3,(H,17,19)(H,18,20)/b9-8+. The Morgan fingerprint density at radius 3 is 2.43 bits per heavy atom. The largest absolute Gasteiger partial charge is 0.462 e. The SMILES string of the molecule is CC(=O)Nc1cccc(NC(=O)/C=C/c2ccc(C)o2)c1. The third-order valence-corrected chi connectivity index (χ3v) is 2.61. The van der Waals surface area contributed by atoms with Crippen molar-refractivity contribution in [2.45, 2.75) is 13.8 Å². The van der Waals surface area contributed by atoms with Crippen LogP contribution in [0.5, 0.6) is 0 Å². The van der Waals surface area contributed by atoms with Crippen molar-refractivity contribution in [3.8, 4) is 0 Å². The number of rotatable bonds is 4. The summed E-state index contributed by atoms with van der Waals surface area (Å²) >= 11 is 0. The van der Waals surface area contributed by atoms with Crippen LogP contribution in [0.25, 0.3) is 6.08 Å². The van der Waals surface area contributed by atoms with Crippen LogP contribution in [0.1, 0.15) is 18.4 Å². The molecule has 0 aliphatic heterocycles. The molecule has 0 spiro atoms. The summed E-state index contributed by atoms with van der Waals surface area (Å²) in [5, 5.41) is 5.37. The van der Waals surface area contributed by atoms with E-state index in [9.17, 15) is 9.59 Å². The molecule has 0 saturated carbocycles. The Morgan fingerprint density at radius 2 is 1.81 bits per heavy atom. The van der Waals surface area contributed by atoms with Gasteiger partial charge in [0.25, 0.3) is 0 Å². The topological polar surface area (TPSA) is 71.3 Å². The Morgan fingerprint density at radius 1 is 1.10 bits per heavy atom. The maximum Gasteiger partial charge on any atom is 0.248 e. The molecule has 0 atom stereocenters. The highest BCUT2D eigenvalue weighted by molar-refractivity contribution is 6.02. The van der Waals surface area contributed by atoms with Gasteiger partial charge in [0.2, 0.25) is 11.8 Å². The predicted octanol–water partition coefficient (Wildman–Crippen LogP) is 3.20. The highest BCUT2D eigenvalue weighted by Gasteiger charge is 2.01. The summed E-state index contributed by atoms with van der Waals surface area (Å²) in [5.74, 6) is 0.975. The average molecular weight is 284 g/mol. The lowest BCUT2D eigenvalue weighted by atomic mass is 10.2. The molecule has 2 rings (SSSR count). The van der Waals surface area contributed by atoms with E-state index in [2.05, 4.69) is 10.6 Å². The quantitative estimate of drug-likeness (QED) is 0.847. The minimum atomic E-state index is -0.274. The smallest absolute Gasteiger partial charge is 0.248 e. The van der Waals surface area contributed by atoms with E-state index in [0.29, 0.717) is 17.1 Å². The van der Waals surface area contributed by atoms with Gasteiger partial charge in [0.1, 0.15) is 11.5 Å². The van der Waals surface area contributed by atoms with Gasteiger partial charge in [-0.15, -0.1) is 0 Å². The van der Waals surface area contributed by atoms with Crippen molar-refractivity contribution in [1.82, 2.24) is 0 Å². The van der Waals surface area contributed by atoms with Gasteiger partial charge in [-0.25, -0.2) is 0 Å². The summed E-state index contributed by atoms with van der Waals surface area (Å²) in [6.07, 6.45) is 2.99. The monoisotopic (exact) mass is 284 g/mol. The molecule has 0 radical (unpaired) electrons. The second-order valence-corrected chi connectivity index (χ2v) is 4.53. The zero-order valence-electron chi connectivity index (χ0n) is 11.8. The third-order valence-electron chi connectivity index (χ3n) is 2.61. The zero-order chi connectivity index (χ0) is 15.2. The molecule has 2 aromatic rings. The molecular formula is C16H16N2O3. The summed E-state index contributed by atoms with van der Waals surface area (Å²) in [7, 11) is 0. The fraction of sp³-hybridized carbons (Fsp3) is 0.125. The number of furan rings is 1. The Labute approximate surface area is 122 Å². The fourth-order valence-corrected chi connectivity index (χ4v) is 1.76. The number of carbonyl (C=O) groups excluding carboxylic acids is 2. The van der Waals surface area contributed by atoms with Crippen molar-refractivity contribution in [3.05, 3.63) is 54.0 Å². The second-order valence-electron chi connectivity index (χ2n) is 4.53. The highest BCUT2D eigenvalue weighted by atomic mass is 16.3. The summed E-state index contributed by atoms with van der Waals surface area (Å²) in [6.45, 7) is 3.27. The summed E-state index contributed by atoms with van der Waals surface area (Å²) < 4.78 is 5.33. The van der Waals surface area contributed by atoms with E-state index in [1.54, 1.807) is 36.4 Å². The number of hydrogen-bond acceptors (Lipinski definition) is 3. The summed E-state index contributed by atoms with van der Waals surface area (Å²) in [4.78, 5) is 22.8. The van der Waals surface area contributed by atoms with Gasteiger partial charge in [0.15, 0.2) is 0 Å². The molecule has 0 aliphatic rings. The molecule has 5 nitrogen and oxygen atoms in total. The fourth-order valence-electron chi connectivity index (χ4n) is 1.76. The lowest BCUT2D eigenvalue weighted by molar-refractivity contribution is -0.114. The maximum absolute atomic E-state index is 11.8. The van der Waals surface area contributed by atoms with Crippen LogP contribution in [0.15, 0.2) is 46.9 Å². The van der Waals surface area contributed by atoms with Crippen LogP contribution < -0.4 is 10.6 Å². The summed E-state index contributed by atoms with van der Waals surface area (Å²) in [5.41, 5.74) is 1.23. The average Bonchev–Trinajstić information content (AvgIpc) is 2.82. The van der Waals surface area contributed by atoms with Gasteiger partial charge in [-0.1, -0.05) is 6.07 Å². The predicted molar refractivity (Wildman–Crippen MR) is 81.9 cm³/mol. The first kappa shape index (κ1) is 14.6. The van der Waals surface area contributed by atoms with E-state index in [4.69, 9.17) is 4.42 Å². The van der Waals surface area contributed by atoms with E-state index < -0.39 is 0 Å². The van der Waals surface area contributed by atoms with Crippen molar-refractivity contribution < 1.29 is 14.0 Å². The van der Waals surface area contributed by atoms with Crippen LogP contribution in [0, 0.1) is 6.92 Å². The highest BCUT2D eigenvalue weighted by Crippen LogP contribution is 2.15. The third kappa shape index (κ3) is 4.65. The lowest BCUT2D eigenvalue weighted by Crippen LogP contribution is -2.09. The van der Waals surface area contributed by atoms with E-state index in [-0.39, 0.29) is 11.8 Å². The van der Waals surface area contributed by atoms with E-state index >= 15 is 0 Å². The molecule has 1 aromatic heterocycles. The molecule has 2 amide bonds. The molecule has 5 heteroatoms. The number of amides is 2. The second kappa shape index (κ2) is 6.56. The number of carbonyl (C=O) groups is 2. The van der Waals surface area contributed by atoms with Gasteiger partial charge in [-0.2, -0.15) is 0 Å². The van der Waals surface area contributed by atoms with E-state index in [0.717, 1.165) is 5.76 Å². The minimum Gasteiger partial charge on any atom is -0.462 e. The van der Waals surface area contributed by atoms with Crippen molar-refractivity contribution in [2.24, 2.45) is 0 Å². The molecular weight excluding hydrogens is 268 g/mol. The van der Waals surface area contributed by atoms with Crippen LogP contribution in [-0.4, -0.2) is 11.8 Å². The van der Waals surface area contributed by atoms with Crippen LogP contribution in [0.3, 0.4) is 0 Å². The van der Waals surface area contributed by atoms with Crippen LogP contribution in [0.4, 0.5) is 11.4 Å². The van der Waals surface area contributed by atoms with Crippen molar-refractivity contribution in [3.63, 3.8) is 0 Å². The first-order valence-corrected chi connectivity index (χ1v) is 6.46. The zero-order valence-corrected chi connectivity index (χ0v) is 11.8. The van der Waals surface area contributed by atoms with Gasteiger partial charge in [-0.3, -0.25) is 9.59 Å². The molecule has 1 heterocycles. The van der Waals surface area contributed by atoms with Crippen LogP contribution in [-0.2, 0) is 9.59 Å². The first-order chi connectivity index (χ1) is 10.0. The van der Waals surface area contributed by atoms with E-state index in [1.807, 2.05) is 13.0 Å². The van der Waals surface area contributed by atoms with Gasteiger partial charge >= 0.3 is 0 Å². The van der Waals surface area contributed by atoms with Crippen molar-refractivity contribution >= 4 is 29.3 Å². The molecule has 21 heavy (non-hydrogen) atoms. The molecule has 0 bridgehead atoms. The van der Waals surface area contributed by atoms with Crippen LogP contribution in [0.2, 0.25) is 0 Å². The number of aryl methyl sites for hydroxylation is 1. The Kier molecular flexibility index (Phi) is 4.56. The summed E-state index contributed by atoms with van der Waals surface area (Å²) in [6, 6.07) is 10.5. The molecule has 0 saturated heterocycles. The Hall–Kier alpha value is -2.82. The van der Waals surface area contributed by atoms with Gasteiger partial charge in [-0.05, 0) is 43.3 Å². The van der Waals surface area contributed by atoms with E-state index in [1.165, 1.54) is 13.0 Å². The molecule has 1 aromatic carbocycles. The minimum absolute atomic E-state index is 0.161. The molecule has 0 aliphatic carbocycles. The van der Waals surface area contributed by atoms with Crippen molar-refractivity contribution in [1.29, 1.82) is 0 Å². The molecule has 0 unspecified atom stereocenters. The molecule has 2 N–H and O–H groups in total. The van der Waals surface area contributed by atoms with Gasteiger partial charge in [0, 0.05) is 24.4 Å². The molecule has 0 fully saturated rings. The first-order valence-electron chi connectivity index (χ1n) is 6.46. The Balaban J connectivity index is 1.99.